The zero-order valence-corrected chi connectivity index (χ0v) is 18.2. The summed E-state index contributed by atoms with van der Waals surface area (Å²) in [5.74, 6) is 1.41. The number of methoxy groups -OCH3 is 1. The third-order valence-corrected chi connectivity index (χ3v) is 5.71. The van der Waals surface area contributed by atoms with E-state index in [1.54, 1.807) is 31.4 Å². The fourth-order valence-corrected chi connectivity index (χ4v) is 3.84. The van der Waals surface area contributed by atoms with Gasteiger partial charge in [0.2, 0.25) is 5.91 Å². The molecule has 4 rings (SSSR count). The summed E-state index contributed by atoms with van der Waals surface area (Å²) in [5, 5.41) is 11.8. The predicted octanol–water partition coefficient (Wildman–Crippen LogP) is 4.21. The number of amides is 1. The Morgan fingerprint density at radius 2 is 1.75 bits per heavy atom. The smallest absolute Gasteiger partial charge is 0.229 e. The molecule has 7 nitrogen and oxygen atoms in total. The zero-order chi connectivity index (χ0) is 22.5. The molecule has 1 aliphatic heterocycles. The number of anilines is 2. The van der Waals surface area contributed by atoms with Crippen molar-refractivity contribution in [3.05, 3.63) is 66.2 Å². The summed E-state index contributed by atoms with van der Waals surface area (Å²) in [5.41, 5.74) is 3.08. The van der Waals surface area contributed by atoms with Gasteiger partial charge in [0.1, 0.15) is 5.75 Å². The Kier molecular flexibility index (Phi) is 6.44. The second-order valence-electron chi connectivity index (χ2n) is 7.91. The van der Waals surface area contributed by atoms with Crippen LogP contribution in [0.1, 0.15) is 30.1 Å². The maximum atomic E-state index is 12.8. The number of carbonyl (C=O) groups is 2. The Morgan fingerprint density at radius 3 is 2.38 bits per heavy atom. The van der Waals surface area contributed by atoms with E-state index in [0.717, 1.165) is 42.2 Å². The molecule has 1 amide bonds. The average molecular weight is 431 g/mol. The molecular weight excluding hydrogens is 404 g/mol. The number of ketones is 1. The Balaban J connectivity index is 1.39. The molecular formula is C25H26N4O3. The van der Waals surface area contributed by atoms with Crippen LogP contribution in [0, 0.1) is 5.92 Å². The number of piperidine rings is 1. The van der Waals surface area contributed by atoms with E-state index in [2.05, 4.69) is 20.4 Å². The van der Waals surface area contributed by atoms with Gasteiger partial charge in [0, 0.05) is 29.9 Å². The highest BCUT2D eigenvalue weighted by molar-refractivity contribution is 5.96. The minimum atomic E-state index is -0.140. The third-order valence-electron chi connectivity index (χ3n) is 5.71. The van der Waals surface area contributed by atoms with E-state index in [-0.39, 0.29) is 17.6 Å². The number of nitrogens with one attached hydrogen (secondary N) is 1. The molecule has 1 aliphatic rings. The Morgan fingerprint density at radius 1 is 1.00 bits per heavy atom. The van der Waals surface area contributed by atoms with Crippen LogP contribution in [0.3, 0.4) is 0 Å². The number of aromatic nitrogens is 2. The van der Waals surface area contributed by atoms with E-state index in [1.165, 1.54) is 6.92 Å². The van der Waals surface area contributed by atoms with Gasteiger partial charge in [0.25, 0.3) is 0 Å². The molecule has 0 unspecified atom stereocenters. The summed E-state index contributed by atoms with van der Waals surface area (Å²) in [6.07, 6.45) is 1.73. The first-order valence-electron chi connectivity index (χ1n) is 10.7. The molecule has 1 aromatic heterocycles. The molecule has 0 saturated carbocycles. The van der Waals surface area contributed by atoms with Gasteiger partial charge in [-0.15, -0.1) is 10.2 Å². The van der Waals surface area contributed by atoms with Crippen LogP contribution in [-0.4, -0.2) is 42.1 Å². The van der Waals surface area contributed by atoms with E-state index < -0.39 is 0 Å². The standard InChI is InChI=1S/C25H26N4O3/c1-17(30)18-5-9-21(10-6-18)26-25(31)20-4-3-15-29(16-20)24-14-13-23(27-28-24)19-7-11-22(32-2)12-8-19/h5-14,20H,3-4,15-16H2,1-2H3,(H,26,31)/t20-/m1/s1. The molecule has 0 radical (unpaired) electrons. The van der Waals surface area contributed by atoms with E-state index in [0.29, 0.717) is 17.8 Å². The van der Waals surface area contributed by atoms with Crippen molar-refractivity contribution >= 4 is 23.2 Å². The van der Waals surface area contributed by atoms with Crippen LogP contribution in [0.25, 0.3) is 11.3 Å². The zero-order valence-electron chi connectivity index (χ0n) is 18.2. The van der Waals surface area contributed by atoms with Gasteiger partial charge in [-0.1, -0.05) is 0 Å². The topological polar surface area (TPSA) is 84.4 Å². The van der Waals surface area contributed by atoms with Gasteiger partial charge in [0.05, 0.1) is 18.7 Å². The van der Waals surface area contributed by atoms with Crippen LogP contribution in [0.2, 0.25) is 0 Å². The van der Waals surface area contributed by atoms with Gasteiger partial charge < -0.3 is 15.0 Å². The minimum absolute atomic E-state index is 0.00455. The Hall–Kier alpha value is -3.74. The van der Waals surface area contributed by atoms with Crippen molar-refractivity contribution in [3.63, 3.8) is 0 Å². The molecule has 1 fully saturated rings. The lowest BCUT2D eigenvalue weighted by Crippen LogP contribution is -2.41. The largest absolute Gasteiger partial charge is 0.497 e. The summed E-state index contributed by atoms with van der Waals surface area (Å²) in [6.45, 7) is 2.96. The summed E-state index contributed by atoms with van der Waals surface area (Å²) in [4.78, 5) is 26.3. The van der Waals surface area contributed by atoms with Crippen molar-refractivity contribution in [2.24, 2.45) is 5.92 Å². The highest BCUT2D eigenvalue weighted by Crippen LogP contribution is 2.25. The van der Waals surface area contributed by atoms with Crippen molar-refractivity contribution in [2.45, 2.75) is 19.8 Å². The molecule has 32 heavy (non-hydrogen) atoms. The van der Waals surface area contributed by atoms with Crippen molar-refractivity contribution in [3.8, 4) is 17.0 Å². The molecule has 1 saturated heterocycles. The summed E-state index contributed by atoms with van der Waals surface area (Å²) < 4.78 is 5.20. The summed E-state index contributed by atoms with van der Waals surface area (Å²) in [7, 11) is 1.64. The van der Waals surface area contributed by atoms with Gasteiger partial charge in [-0.2, -0.15) is 0 Å². The number of hydrogen-bond acceptors (Lipinski definition) is 6. The van der Waals surface area contributed by atoms with Crippen LogP contribution in [0.4, 0.5) is 11.5 Å². The van der Waals surface area contributed by atoms with Gasteiger partial charge in [-0.3, -0.25) is 9.59 Å². The second-order valence-corrected chi connectivity index (χ2v) is 7.91. The predicted molar refractivity (Wildman–Crippen MR) is 124 cm³/mol. The number of Topliss-reactive ketones (excluding diaryl/α,β-unsaturated/α-hetero) is 1. The van der Waals surface area contributed by atoms with Crippen molar-refractivity contribution < 1.29 is 14.3 Å². The first-order valence-corrected chi connectivity index (χ1v) is 10.7. The monoisotopic (exact) mass is 430 g/mol. The fourth-order valence-electron chi connectivity index (χ4n) is 3.84. The number of hydrogen-bond donors (Lipinski definition) is 1. The summed E-state index contributed by atoms with van der Waals surface area (Å²) in [6, 6.07) is 18.6. The second kappa shape index (κ2) is 9.60. The third kappa shape index (κ3) is 4.94. The van der Waals surface area contributed by atoms with Crippen LogP contribution in [0.15, 0.2) is 60.7 Å². The highest BCUT2D eigenvalue weighted by atomic mass is 16.5. The molecule has 0 bridgehead atoms. The lowest BCUT2D eigenvalue weighted by Gasteiger charge is -2.32. The molecule has 0 aliphatic carbocycles. The molecule has 3 aromatic rings. The lowest BCUT2D eigenvalue weighted by molar-refractivity contribution is -0.120. The molecule has 2 aromatic carbocycles. The molecule has 2 heterocycles. The SMILES string of the molecule is COc1ccc(-c2ccc(N3CCC[C@@H](C(=O)Nc4ccc(C(C)=O)cc4)C3)nn2)cc1. The Bertz CT molecular complexity index is 1080. The molecule has 0 spiro atoms. The highest BCUT2D eigenvalue weighted by Gasteiger charge is 2.27. The maximum absolute atomic E-state index is 12.8. The molecule has 7 heteroatoms. The van der Waals surface area contributed by atoms with Gasteiger partial charge in [0.15, 0.2) is 11.6 Å². The normalized spacial score (nSPS) is 15.8. The van der Waals surface area contributed by atoms with Crippen molar-refractivity contribution in [1.29, 1.82) is 0 Å². The molecule has 1 atom stereocenters. The van der Waals surface area contributed by atoms with Gasteiger partial charge >= 0.3 is 0 Å². The van der Waals surface area contributed by atoms with E-state index in [1.807, 2.05) is 36.4 Å². The first-order chi connectivity index (χ1) is 15.5. The summed E-state index contributed by atoms with van der Waals surface area (Å²) >= 11 is 0. The van der Waals surface area contributed by atoms with Crippen LogP contribution in [0.5, 0.6) is 5.75 Å². The van der Waals surface area contributed by atoms with Crippen molar-refractivity contribution in [2.75, 3.05) is 30.4 Å². The quantitative estimate of drug-likeness (QED) is 0.590. The van der Waals surface area contributed by atoms with Crippen LogP contribution >= 0.6 is 0 Å². The van der Waals surface area contributed by atoms with E-state index in [9.17, 15) is 9.59 Å². The number of benzene rings is 2. The van der Waals surface area contributed by atoms with Gasteiger partial charge in [-0.25, -0.2) is 0 Å². The number of rotatable bonds is 6. The first kappa shape index (κ1) is 21.5. The maximum Gasteiger partial charge on any atom is 0.229 e. The number of nitrogens with zero attached hydrogens (tertiary/aromatic N) is 3. The average Bonchev–Trinajstić information content (AvgIpc) is 2.84. The van der Waals surface area contributed by atoms with E-state index >= 15 is 0 Å². The van der Waals surface area contributed by atoms with Crippen molar-refractivity contribution in [1.82, 2.24) is 10.2 Å². The fraction of sp³-hybridized carbons (Fsp3) is 0.280. The Labute approximate surface area is 187 Å². The minimum Gasteiger partial charge on any atom is -0.497 e. The van der Waals surface area contributed by atoms with Crippen LogP contribution in [-0.2, 0) is 4.79 Å². The van der Waals surface area contributed by atoms with E-state index in [4.69, 9.17) is 4.74 Å². The lowest BCUT2D eigenvalue weighted by atomic mass is 9.97. The molecule has 1 N–H and O–H groups in total. The molecule has 164 valence electrons. The van der Waals surface area contributed by atoms with Crippen LogP contribution < -0.4 is 15.0 Å². The number of ether oxygens (including phenoxy) is 1. The van der Waals surface area contributed by atoms with Gasteiger partial charge in [-0.05, 0) is 80.4 Å². The number of carbonyl (C=O) groups excluding carboxylic acids is 2.